The number of carbonyl (C=O) groups is 1. The van der Waals surface area contributed by atoms with Crippen molar-refractivity contribution in [2.24, 2.45) is 0 Å². The Bertz CT molecular complexity index is 421. The summed E-state index contributed by atoms with van der Waals surface area (Å²) in [6.07, 6.45) is 2.50. The first-order chi connectivity index (χ1) is 9.10. The van der Waals surface area contributed by atoms with Gasteiger partial charge in [-0.25, -0.2) is 0 Å². The van der Waals surface area contributed by atoms with E-state index in [1.54, 1.807) is 0 Å². The molecule has 1 aromatic rings. The molecule has 0 aliphatic carbocycles. The Morgan fingerprint density at radius 2 is 2.11 bits per heavy atom. The van der Waals surface area contributed by atoms with Crippen LogP contribution in [-0.2, 0) is 11.2 Å². The van der Waals surface area contributed by atoms with Crippen LogP contribution in [0.2, 0.25) is 0 Å². The predicted octanol–water partition coefficient (Wildman–Crippen LogP) is 4.15. The van der Waals surface area contributed by atoms with Crippen LogP contribution in [-0.4, -0.2) is 17.3 Å². The molecule has 1 amide bonds. The lowest BCUT2D eigenvalue weighted by atomic mass is 10.1. The average Bonchev–Trinajstić information content (AvgIpc) is 2.41. The number of anilines is 1. The summed E-state index contributed by atoms with van der Waals surface area (Å²) in [7, 11) is 0. The lowest BCUT2D eigenvalue weighted by Crippen LogP contribution is -2.11. The lowest BCUT2D eigenvalue weighted by Gasteiger charge is -2.14. The molecule has 1 rings (SSSR count). The number of ether oxygens (including phenoxy) is 1. The summed E-state index contributed by atoms with van der Waals surface area (Å²) in [6, 6.07) is 5.97. The fourth-order valence-corrected chi connectivity index (χ4v) is 2.08. The fraction of sp³-hybridized carbons (Fsp3) is 0.533. The Labute approximate surface area is 123 Å². The van der Waals surface area contributed by atoms with Crippen molar-refractivity contribution in [3.05, 3.63) is 23.8 Å². The van der Waals surface area contributed by atoms with E-state index < -0.39 is 0 Å². The van der Waals surface area contributed by atoms with E-state index in [0.717, 1.165) is 24.3 Å². The maximum Gasteiger partial charge on any atom is 0.224 e. The summed E-state index contributed by atoms with van der Waals surface area (Å²) < 4.78 is 5.61. The maximum atomic E-state index is 11.5. The third-order valence-corrected chi connectivity index (χ3v) is 3.81. The molecule has 0 bridgehead atoms. The largest absolute Gasteiger partial charge is 0.492 e. The topological polar surface area (TPSA) is 38.3 Å². The standard InChI is InChI=1S/C15H22BrNO2/c1-4-12(16)9-11-7-8-13(17-15(18)5-2)14(10-11)19-6-3/h7-8,10,12H,4-6,9H2,1-3H3,(H,17,18). The van der Waals surface area contributed by atoms with Gasteiger partial charge in [0.15, 0.2) is 0 Å². The highest BCUT2D eigenvalue weighted by Gasteiger charge is 2.10. The van der Waals surface area contributed by atoms with Crippen molar-refractivity contribution < 1.29 is 9.53 Å². The average molecular weight is 328 g/mol. The van der Waals surface area contributed by atoms with Gasteiger partial charge in [-0.15, -0.1) is 0 Å². The number of amides is 1. The Morgan fingerprint density at radius 3 is 2.68 bits per heavy atom. The van der Waals surface area contributed by atoms with Gasteiger partial charge in [-0.3, -0.25) is 4.79 Å². The number of nitrogens with one attached hydrogen (secondary N) is 1. The molecule has 106 valence electrons. The molecular formula is C15H22BrNO2. The Kier molecular flexibility index (Phi) is 6.92. The van der Waals surface area contributed by atoms with E-state index in [1.807, 2.05) is 32.0 Å². The monoisotopic (exact) mass is 327 g/mol. The number of alkyl halides is 1. The molecule has 0 aromatic heterocycles. The Morgan fingerprint density at radius 1 is 1.37 bits per heavy atom. The van der Waals surface area contributed by atoms with E-state index in [0.29, 0.717) is 17.9 Å². The molecule has 1 N–H and O–H groups in total. The molecule has 19 heavy (non-hydrogen) atoms. The molecule has 4 heteroatoms. The summed E-state index contributed by atoms with van der Waals surface area (Å²) in [5, 5.41) is 2.86. The van der Waals surface area contributed by atoms with Crippen LogP contribution in [0.15, 0.2) is 18.2 Å². The normalized spacial score (nSPS) is 12.0. The van der Waals surface area contributed by atoms with E-state index in [4.69, 9.17) is 4.74 Å². The number of rotatable bonds is 7. The van der Waals surface area contributed by atoms with Gasteiger partial charge in [-0.05, 0) is 37.5 Å². The van der Waals surface area contributed by atoms with E-state index in [1.165, 1.54) is 5.56 Å². The van der Waals surface area contributed by atoms with Gasteiger partial charge < -0.3 is 10.1 Å². The molecular weight excluding hydrogens is 306 g/mol. The molecule has 0 fully saturated rings. The summed E-state index contributed by atoms with van der Waals surface area (Å²) in [5.41, 5.74) is 1.96. The molecule has 0 aliphatic rings. The van der Waals surface area contributed by atoms with Crippen molar-refractivity contribution in [1.29, 1.82) is 0 Å². The minimum atomic E-state index is 0.000583. The maximum absolute atomic E-state index is 11.5. The molecule has 1 unspecified atom stereocenters. The minimum Gasteiger partial charge on any atom is -0.492 e. The number of hydrogen-bond donors (Lipinski definition) is 1. The van der Waals surface area contributed by atoms with Crippen LogP contribution < -0.4 is 10.1 Å². The second-order valence-electron chi connectivity index (χ2n) is 4.37. The molecule has 3 nitrogen and oxygen atoms in total. The molecule has 1 atom stereocenters. The number of carbonyl (C=O) groups excluding carboxylic acids is 1. The highest BCUT2D eigenvalue weighted by Crippen LogP contribution is 2.27. The van der Waals surface area contributed by atoms with Crippen LogP contribution in [0.4, 0.5) is 5.69 Å². The molecule has 0 radical (unpaired) electrons. The van der Waals surface area contributed by atoms with E-state index in [-0.39, 0.29) is 5.91 Å². The summed E-state index contributed by atoms with van der Waals surface area (Å²) in [4.78, 5) is 11.9. The van der Waals surface area contributed by atoms with Crippen LogP contribution in [0.3, 0.4) is 0 Å². The first-order valence-corrected chi connectivity index (χ1v) is 7.71. The first kappa shape index (κ1) is 16.0. The van der Waals surface area contributed by atoms with Gasteiger partial charge in [0.05, 0.1) is 12.3 Å². The molecule has 0 aliphatic heterocycles. The molecule has 1 aromatic carbocycles. The van der Waals surface area contributed by atoms with Gasteiger partial charge in [0.25, 0.3) is 0 Å². The van der Waals surface area contributed by atoms with Crippen molar-refractivity contribution in [3.63, 3.8) is 0 Å². The number of halogens is 1. The first-order valence-electron chi connectivity index (χ1n) is 6.80. The van der Waals surface area contributed by atoms with Gasteiger partial charge in [0, 0.05) is 11.2 Å². The van der Waals surface area contributed by atoms with Gasteiger partial charge in [-0.2, -0.15) is 0 Å². The Hall–Kier alpha value is -1.03. The summed E-state index contributed by atoms with van der Waals surface area (Å²) in [5.74, 6) is 0.748. The third kappa shape index (κ3) is 5.23. The van der Waals surface area contributed by atoms with Crippen LogP contribution in [0.25, 0.3) is 0 Å². The number of hydrogen-bond acceptors (Lipinski definition) is 2. The quantitative estimate of drug-likeness (QED) is 0.764. The molecule has 0 heterocycles. The van der Waals surface area contributed by atoms with Gasteiger partial charge in [0.1, 0.15) is 5.75 Å². The zero-order valence-electron chi connectivity index (χ0n) is 11.8. The van der Waals surface area contributed by atoms with Crippen molar-refractivity contribution in [2.75, 3.05) is 11.9 Å². The second kappa shape index (κ2) is 8.20. The summed E-state index contributed by atoms with van der Waals surface area (Å²) >= 11 is 3.64. The van der Waals surface area contributed by atoms with Crippen LogP contribution >= 0.6 is 15.9 Å². The van der Waals surface area contributed by atoms with Crippen LogP contribution in [0, 0.1) is 0 Å². The Balaban J connectivity index is 2.90. The van der Waals surface area contributed by atoms with E-state index >= 15 is 0 Å². The van der Waals surface area contributed by atoms with Crippen molar-refractivity contribution in [3.8, 4) is 5.75 Å². The third-order valence-electron chi connectivity index (χ3n) is 2.84. The highest BCUT2D eigenvalue weighted by molar-refractivity contribution is 9.09. The van der Waals surface area contributed by atoms with E-state index in [9.17, 15) is 4.79 Å². The highest BCUT2D eigenvalue weighted by atomic mass is 79.9. The van der Waals surface area contributed by atoms with Gasteiger partial charge >= 0.3 is 0 Å². The minimum absolute atomic E-state index is 0.000583. The molecule has 0 saturated heterocycles. The second-order valence-corrected chi connectivity index (χ2v) is 5.67. The fourth-order valence-electron chi connectivity index (χ4n) is 1.71. The molecule has 0 saturated carbocycles. The van der Waals surface area contributed by atoms with Crippen molar-refractivity contribution in [2.45, 2.75) is 44.9 Å². The number of benzene rings is 1. The zero-order chi connectivity index (χ0) is 14.3. The van der Waals surface area contributed by atoms with Crippen LogP contribution in [0.1, 0.15) is 39.2 Å². The smallest absolute Gasteiger partial charge is 0.224 e. The van der Waals surface area contributed by atoms with Crippen molar-refractivity contribution >= 4 is 27.5 Å². The molecule has 0 spiro atoms. The van der Waals surface area contributed by atoms with Crippen LogP contribution in [0.5, 0.6) is 5.75 Å². The summed E-state index contributed by atoms with van der Waals surface area (Å²) in [6.45, 7) is 6.51. The lowest BCUT2D eigenvalue weighted by molar-refractivity contribution is -0.115. The van der Waals surface area contributed by atoms with Gasteiger partial charge in [-0.1, -0.05) is 35.8 Å². The predicted molar refractivity (Wildman–Crippen MR) is 83.2 cm³/mol. The van der Waals surface area contributed by atoms with E-state index in [2.05, 4.69) is 28.2 Å². The van der Waals surface area contributed by atoms with Gasteiger partial charge in [0.2, 0.25) is 5.91 Å². The zero-order valence-corrected chi connectivity index (χ0v) is 13.4. The van der Waals surface area contributed by atoms with Crippen molar-refractivity contribution in [1.82, 2.24) is 0 Å². The SMILES string of the molecule is CCOc1cc(CC(Br)CC)ccc1NC(=O)CC.